The Kier molecular flexibility index (Phi) is 4.23. The fourth-order valence-corrected chi connectivity index (χ4v) is 3.08. The van der Waals surface area contributed by atoms with Gasteiger partial charge < -0.3 is 4.74 Å². The number of nitriles is 1. The summed E-state index contributed by atoms with van der Waals surface area (Å²) in [4.78, 5) is 0. The topological polar surface area (TPSA) is 33.0 Å². The molecule has 0 aliphatic heterocycles. The lowest BCUT2D eigenvalue weighted by atomic mass is 9.90. The molecule has 2 nitrogen and oxygen atoms in total. The summed E-state index contributed by atoms with van der Waals surface area (Å²) in [5.74, 6) is -0.224. The summed E-state index contributed by atoms with van der Waals surface area (Å²) < 4.78 is 19.3. The minimum atomic E-state index is -0.461. The molecular formula is C14H15BrFNO. The number of halogens is 2. The van der Waals surface area contributed by atoms with Crippen molar-refractivity contribution >= 4 is 15.9 Å². The lowest BCUT2D eigenvalue weighted by Gasteiger charge is -2.26. The molecule has 1 aliphatic rings. The van der Waals surface area contributed by atoms with Crippen LogP contribution in [-0.2, 0) is 0 Å². The maximum Gasteiger partial charge on any atom is 0.166 e. The van der Waals surface area contributed by atoms with E-state index in [1.54, 1.807) is 6.07 Å². The van der Waals surface area contributed by atoms with Gasteiger partial charge >= 0.3 is 0 Å². The van der Waals surface area contributed by atoms with Crippen molar-refractivity contribution in [1.82, 2.24) is 0 Å². The smallest absolute Gasteiger partial charge is 0.166 e. The number of alkyl halides is 1. The predicted molar refractivity (Wildman–Crippen MR) is 71.3 cm³/mol. The Labute approximate surface area is 115 Å². The highest BCUT2D eigenvalue weighted by Gasteiger charge is 2.33. The summed E-state index contributed by atoms with van der Waals surface area (Å²) in [7, 11) is 0. The Hall–Kier alpha value is -1.08. The van der Waals surface area contributed by atoms with Crippen molar-refractivity contribution in [2.24, 2.45) is 5.41 Å². The van der Waals surface area contributed by atoms with Crippen molar-refractivity contribution in [1.29, 1.82) is 5.26 Å². The van der Waals surface area contributed by atoms with Gasteiger partial charge in [-0.05, 0) is 31.0 Å². The Bertz CT molecular complexity index is 463. The van der Waals surface area contributed by atoms with Crippen LogP contribution in [0.25, 0.3) is 0 Å². The van der Waals surface area contributed by atoms with Crippen molar-refractivity contribution in [3.05, 3.63) is 29.6 Å². The highest BCUT2D eigenvalue weighted by atomic mass is 79.9. The second-order valence-corrected chi connectivity index (χ2v) is 5.45. The summed E-state index contributed by atoms with van der Waals surface area (Å²) in [6.07, 6.45) is 4.67. The molecule has 1 fully saturated rings. The first-order valence-corrected chi connectivity index (χ1v) is 7.20. The van der Waals surface area contributed by atoms with Gasteiger partial charge in [-0.3, -0.25) is 0 Å². The van der Waals surface area contributed by atoms with Gasteiger partial charge in [0.15, 0.2) is 11.6 Å². The van der Waals surface area contributed by atoms with E-state index in [1.165, 1.54) is 25.0 Å². The maximum absolute atomic E-state index is 13.7. The molecule has 4 heteroatoms. The van der Waals surface area contributed by atoms with Gasteiger partial charge in [0.05, 0.1) is 18.2 Å². The van der Waals surface area contributed by atoms with E-state index < -0.39 is 5.82 Å². The minimum absolute atomic E-state index is 0.139. The summed E-state index contributed by atoms with van der Waals surface area (Å²) in [5, 5.41) is 9.56. The lowest BCUT2D eigenvalue weighted by molar-refractivity contribution is 0.168. The van der Waals surface area contributed by atoms with E-state index in [0.29, 0.717) is 12.2 Å². The molecule has 18 heavy (non-hydrogen) atoms. The van der Waals surface area contributed by atoms with Gasteiger partial charge in [-0.15, -0.1) is 0 Å². The molecule has 0 radical (unpaired) electrons. The molecule has 1 aliphatic carbocycles. The van der Waals surface area contributed by atoms with Crippen molar-refractivity contribution in [3.63, 3.8) is 0 Å². The molecule has 2 rings (SSSR count). The van der Waals surface area contributed by atoms with Crippen LogP contribution in [0.5, 0.6) is 5.75 Å². The quantitative estimate of drug-likeness (QED) is 0.786. The molecule has 0 aromatic heterocycles. The van der Waals surface area contributed by atoms with Crippen LogP contribution >= 0.6 is 15.9 Å². The van der Waals surface area contributed by atoms with E-state index in [9.17, 15) is 4.39 Å². The number of nitrogens with zero attached hydrogens (tertiary/aromatic N) is 1. The molecule has 1 aromatic carbocycles. The first kappa shape index (κ1) is 13.4. The molecule has 0 heterocycles. The fourth-order valence-electron chi connectivity index (χ4n) is 2.36. The molecule has 1 saturated carbocycles. The van der Waals surface area contributed by atoms with Crippen LogP contribution in [0.3, 0.4) is 0 Å². The van der Waals surface area contributed by atoms with Crippen molar-refractivity contribution in [2.75, 3.05) is 11.9 Å². The maximum atomic E-state index is 13.7. The molecule has 0 N–H and O–H groups in total. The van der Waals surface area contributed by atoms with E-state index in [0.717, 1.165) is 18.2 Å². The second kappa shape index (κ2) is 5.71. The highest BCUT2D eigenvalue weighted by Crippen LogP contribution is 2.40. The molecular weight excluding hydrogens is 297 g/mol. The van der Waals surface area contributed by atoms with Crippen LogP contribution < -0.4 is 4.74 Å². The number of hydrogen-bond acceptors (Lipinski definition) is 2. The summed E-state index contributed by atoms with van der Waals surface area (Å²) in [6.45, 7) is 0.529. The molecule has 0 bridgehead atoms. The number of benzene rings is 1. The normalized spacial score (nSPS) is 17.4. The van der Waals surface area contributed by atoms with E-state index in [2.05, 4.69) is 15.9 Å². The predicted octanol–water partition coefficient (Wildman–Crippen LogP) is 4.03. The summed E-state index contributed by atoms with van der Waals surface area (Å²) in [5.41, 5.74) is 0.455. The van der Waals surface area contributed by atoms with Crippen LogP contribution in [0.1, 0.15) is 31.2 Å². The Morgan fingerprint density at radius 3 is 2.67 bits per heavy atom. The van der Waals surface area contributed by atoms with Crippen LogP contribution in [0.4, 0.5) is 4.39 Å². The SMILES string of the molecule is N#Cc1ccc(OCC2(CBr)CCCC2)c(F)c1. The van der Waals surface area contributed by atoms with Gasteiger partial charge in [-0.2, -0.15) is 5.26 Å². The lowest BCUT2D eigenvalue weighted by Crippen LogP contribution is -2.27. The highest BCUT2D eigenvalue weighted by molar-refractivity contribution is 9.09. The Morgan fingerprint density at radius 1 is 1.39 bits per heavy atom. The first-order valence-electron chi connectivity index (χ1n) is 6.07. The van der Waals surface area contributed by atoms with E-state index in [4.69, 9.17) is 10.00 Å². The van der Waals surface area contributed by atoms with E-state index in [-0.39, 0.29) is 11.2 Å². The average molecular weight is 312 g/mol. The molecule has 1 aromatic rings. The summed E-state index contributed by atoms with van der Waals surface area (Å²) in [6, 6.07) is 6.23. The van der Waals surface area contributed by atoms with Crippen LogP contribution in [-0.4, -0.2) is 11.9 Å². The molecule has 0 unspecified atom stereocenters. The zero-order valence-corrected chi connectivity index (χ0v) is 11.7. The van der Waals surface area contributed by atoms with Gasteiger partial charge in [-0.25, -0.2) is 4.39 Å². The van der Waals surface area contributed by atoms with Gasteiger partial charge in [0.2, 0.25) is 0 Å². The van der Waals surface area contributed by atoms with Crippen molar-refractivity contribution in [2.45, 2.75) is 25.7 Å². The zero-order chi connectivity index (χ0) is 13.0. The number of hydrogen-bond donors (Lipinski definition) is 0. The Balaban J connectivity index is 2.04. The molecule has 96 valence electrons. The van der Waals surface area contributed by atoms with Crippen molar-refractivity contribution in [3.8, 4) is 11.8 Å². The first-order chi connectivity index (χ1) is 8.69. The van der Waals surface area contributed by atoms with E-state index >= 15 is 0 Å². The van der Waals surface area contributed by atoms with Crippen LogP contribution in [0.2, 0.25) is 0 Å². The third-order valence-electron chi connectivity index (χ3n) is 3.54. The Morgan fingerprint density at radius 2 is 2.11 bits per heavy atom. The molecule has 0 saturated heterocycles. The van der Waals surface area contributed by atoms with Gasteiger partial charge in [0.25, 0.3) is 0 Å². The minimum Gasteiger partial charge on any atom is -0.490 e. The molecule has 0 spiro atoms. The largest absolute Gasteiger partial charge is 0.490 e. The fraction of sp³-hybridized carbons (Fsp3) is 0.500. The van der Waals surface area contributed by atoms with Gasteiger partial charge in [0, 0.05) is 10.7 Å². The van der Waals surface area contributed by atoms with Crippen LogP contribution in [0, 0.1) is 22.6 Å². The molecule has 0 atom stereocenters. The zero-order valence-electron chi connectivity index (χ0n) is 10.1. The standard InChI is InChI=1S/C14H15BrFNO/c15-9-14(5-1-2-6-14)10-18-13-4-3-11(8-17)7-12(13)16/h3-4,7H,1-2,5-6,9-10H2. The van der Waals surface area contributed by atoms with E-state index in [1.807, 2.05) is 6.07 Å². The summed E-state index contributed by atoms with van der Waals surface area (Å²) >= 11 is 3.53. The van der Waals surface area contributed by atoms with Crippen molar-refractivity contribution < 1.29 is 9.13 Å². The van der Waals surface area contributed by atoms with Gasteiger partial charge in [0.1, 0.15) is 0 Å². The van der Waals surface area contributed by atoms with Crippen LogP contribution in [0.15, 0.2) is 18.2 Å². The average Bonchev–Trinajstić information content (AvgIpc) is 2.86. The number of ether oxygens (including phenoxy) is 1. The number of rotatable bonds is 4. The van der Waals surface area contributed by atoms with Gasteiger partial charge in [-0.1, -0.05) is 28.8 Å². The monoisotopic (exact) mass is 311 g/mol. The second-order valence-electron chi connectivity index (χ2n) is 4.89. The third kappa shape index (κ3) is 2.84. The molecule has 0 amide bonds. The third-order valence-corrected chi connectivity index (χ3v) is 4.73.